The summed E-state index contributed by atoms with van der Waals surface area (Å²) < 4.78 is 36.0. The molecule has 0 spiro atoms. The molecular weight excluding hydrogens is 1090 g/mol. The molecule has 0 unspecified atom stereocenters. The Labute approximate surface area is 480 Å². The highest BCUT2D eigenvalue weighted by Gasteiger charge is 2.52. The molecule has 12 atom stereocenters. The number of nitrogens with two attached hydrogens (primary N) is 2. The predicted octanol–water partition coefficient (Wildman–Crippen LogP) is 1.98. The van der Waals surface area contributed by atoms with Gasteiger partial charge in [-0.15, -0.1) is 0 Å². The van der Waals surface area contributed by atoms with Gasteiger partial charge in [0.1, 0.15) is 95.3 Å². The van der Waals surface area contributed by atoms with E-state index in [9.17, 15) is 69.6 Å². The van der Waals surface area contributed by atoms with Gasteiger partial charge in [0.25, 0.3) is 0 Å². The first-order chi connectivity index (χ1) is 39.9. The fourth-order valence-electron chi connectivity index (χ4n) is 13.3. The number of quaternary nitrogens is 2. The number of aromatic hydroxyl groups is 4. The number of benzene rings is 5. The molecule has 4 aliphatic carbocycles. The van der Waals surface area contributed by atoms with Gasteiger partial charge in [-0.2, -0.15) is 0 Å². The quantitative estimate of drug-likeness (QED) is 0.0696. The van der Waals surface area contributed by atoms with Crippen molar-refractivity contribution in [1.29, 1.82) is 0 Å². The highest BCUT2D eigenvalue weighted by Crippen LogP contribution is 2.55. The van der Waals surface area contributed by atoms with Gasteiger partial charge in [0.2, 0.25) is 11.6 Å². The van der Waals surface area contributed by atoms with Crippen LogP contribution < -0.4 is 20.1 Å². The molecule has 6 aliphatic rings. The van der Waals surface area contributed by atoms with Gasteiger partial charge in [-0.05, 0) is 39.8 Å². The zero-order valence-corrected chi connectivity index (χ0v) is 46.8. The van der Waals surface area contributed by atoms with Crippen molar-refractivity contribution in [3.8, 4) is 34.5 Å². The molecular formula is C62H66N2O20+2. The van der Waals surface area contributed by atoms with Crippen molar-refractivity contribution in [3.63, 3.8) is 0 Å². The maximum atomic E-state index is 14.1. The van der Waals surface area contributed by atoms with Crippen molar-refractivity contribution in [1.82, 2.24) is 0 Å². The normalized spacial score (nSPS) is 28.7. The minimum absolute atomic E-state index is 0.0552. The summed E-state index contributed by atoms with van der Waals surface area (Å²) in [5, 5.41) is 97.5. The maximum absolute atomic E-state index is 14.1. The Hall–Kier alpha value is -7.48. The van der Waals surface area contributed by atoms with Crippen molar-refractivity contribution >= 4 is 34.7 Å². The standard InChI is InChI=1S/C62H64N2O20/c1-25-51(35(67)17-41(81-25)83-39-21-61(77,27(3)65)19-33-45(39)59(75)49-47(55(33)71)53(69)31-9-7-11-37(79-5)43(31)57(49)73)63-23-29-13-15-30(16-14-29)24-64-52-26(2)82-42(18-36(52)68)84-40-22-62(78,28(4)66)20-34-46(40)60(76)50-48(56(34)72)54(70)32-10-8-12-38(80-6)44(32)58(50)74/h7-16,25-26,35-36,39-42,51-52,63-64,67-68,71-72,75-78H,17-24H2,1-6H3/p+2/t25-,26-,35-,36-,39-,40-,41-,42-,51+,52+,61-,62-/m0/s1. The van der Waals surface area contributed by atoms with Gasteiger partial charge in [0.15, 0.2) is 35.7 Å². The van der Waals surface area contributed by atoms with E-state index in [0.29, 0.717) is 13.1 Å². The summed E-state index contributed by atoms with van der Waals surface area (Å²) in [4.78, 5) is 81.8. The second-order valence-electron chi connectivity index (χ2n) is 22.9. The number of ketones is 6. The summed E-state index contributed by atoms with van der Waals surface area (Å²) in [5.74, 6) is -6.91. The lowest BCUT2D eigenvalue weighted by Crippen LogP contribution is -2.94. The SMILES string of the molecule is COc1cccc2c1C(=O)c1c(O)c3c(c(O)c1C2=O)C[C@@](O)(C(C)=O)C[C@@H]3O[C@H]1C[C@H](O)[C@H]([NH2+]Cc2ccc(C[NH2+][C@@H]3[C@H](C)O[C@@H](O[C@H]4C[C@](O)(C(C)=O)Cc5c(O)c6c(c(O)c54)C(=O)c4c(OC)cccc4C6=O)C[C@@H]3O)cc2)[C@H](C)O1. The van der Waals surface area contributed by atoms with E-state index in [2.05, 4.69) is 0 Å². The van der Waals surface area contributed by atoms with E-state index >= 15 is 0 Å². The van der Waals surface area contributed by atoms with Crippen molar-refractivity contribution in [2.24, 2.45) is 0 Å². The molecule has 22 nitrogen and oxygen atoms in total. The zero-order valence-electron chi connectivity index (χ0n) is 46.8. The second-order valence-corrected chi connectivity index (χ2v) is 22.9. The Morgan fingerprint density at radius 3 is 1.24 bits per heavy atom. The third kappa shape index (κ3) is 9.63. The number of carbonyl (C=O) groups excluding carboxylic acids is 6. The van der Waals surface area contributed by atoms with E-state index in [4.69, 9.17) is 28.4 Å². The molecule has 0 radical (unpaired) electrons. The maximum Gasteiger partial charge on any atom is 0.202 e. The topological polar surface area (TPSA) is 353 Å². The van der Waals surface area contributed by atoms with Gasteiger partial charge < -0.3 is 79.9 Å². The second kappa shape index (κ2) is 21.9. The molecule has 11 rings (SSSR count). The molecule has 2 aliphatic heterocycles. The molecule has 22 heteroatoms. The Balaban J connectivity index is 0.718. The molecule has 0 bridgehead atoms. The number of hydrogen-bond acceptors (Lipinski definition) is 20. The van der Waals surface area contributed by atoms with Crippen LogP contribution in [0.5, 0.6) is 34.5 Å². The molecule has 5 aromatic rings. The molecule has 2 saturated heterocycles. The van der Waals surface area contributed by atoms with E-state index in [1.165, 1.54) is 64.5 Å². The van der Waals surface area contributed by atoms with Crippen LogP contribution >= 0.6 is 0 Å². The molecule has 2 heterocycles. The smallest absolute Gasteiger partial charge is 0.202 e. The van der Waals surface area contributed by atoms with Gasteiger partial charge in [-0.1, -0.05) is 48.5 Å². The van der Waals surface area contributed by atoms with Gasteiger partial charge in [-0.25, -0.2) is 0 Å². The molecule has 442 valence electrons. The molecule has 12 N–H and O–H groups in total. The zero-order chi connectivity index (χ0) is 60.2. The number of phenolic OH excluding ortho intramolecular Hbond substituents is 4. The number of aliphatic hydroxyl groups excluding tert-OH is 2. The monoisotopic (exact) mass is 1160 g/mol. The fraction of sp³-hybridized carbons (Fsp3) is 0.419. The van der Waals surface area contributed by atoms with Crippen LogP contribution in [-0.2, 0) is 54.5 Å². The van der Waals surface area contributed by atoms with Crippen molar-refractivity contribution in [3.05, 3.63) is 139 Å². The van der Waals surface area contributed by atoms with E-state index in [0.717, 1.165) is 11.1 Å². The number of ether oxygens (including phenoxy) is 6. The van der Waals surface area contributed by atoms with E-state index in [1.807, 2.05) is 34.9 Å². The molecule has 0 amide bonds. The summed E-state index contributed by atoms with van der Waals surface area (Å²) >= 11 is 0. The van der Waals surface area contributed by atoms with Crippen LogP contribution in [0.3, 0.4) is 0 Å². The Morgan fingerprint density at radius 2 is 0.905 bits per heavy atom. The lowest BCUT2D eigenvalue weighted by Gasteiger charge is -2.42. The number of rotatable bonds is 14. The summed E-state index contributed by atoms with van der Waals surface area (Å²) in [5.41, 5.74) is -5.02. The first-order valence-corrected chi connectivity index (χ1v) is 27.8. The van der Waals surface area contributed by atoms with Crippen molar-refractivity contribution in [2.75, 3.05) is 14.2 Å². The molecule has 2 fully saturated rings. The highest BCUT2D eigenvalue weighted by molar-refractivity contribution is 6.32. The highest BCUT2D eigenvalue weighted by atomic mass is 16.7. The number of hydrogen-bond donors (Lipinski definition) is 10. The number of phenols is 4. The van der Waals surface area contributed by atoms with E-state index in [-0.39, 0.29) is 68.8 Å². The van der Waals surface area contributed by atoms with Gasteiger partial charge in [0.05, 0.1) is 59.8 Å². The summed E-state index contributed by atoms with van der Waals surface area (Å²) in [6.07, 6.45) is -10.1. The Bertz CT molecular complexity index is 3340. The van der Waals surface area contributed by atoms with Crippen LogP contribution in [0.15, 0.2) is 60.7 Å². The first-order valence-electron chi connectivity index (χ1n) is 27.8. The van der Waals surface area contributed by atoms with Crippen molar-refractivity contribution in [2.45, 2.75) is 152 Å². The van der Waals surface area contributed by atoms with E-state index < -0.39 is 178 Å². The Morgan fingerprint density at radius 1 is 0.548 bits per heavy atom. The average Bonchev–Trinajstić information content (AvgIpc) is 0.770. The minimum Gasteiger partial charge on any atom is -0.507 e. The largest absolute Gasteiger partial charge is 0.507 e. The lowest BCUT2D eigenvalue weighted by atomic mass is 9.72. The number of fused-ring (bicyclic) bond motifs is 6. The summed E-state index contributed by atoms with van der Waals surface area (Å²) in [7, 11) is 2.65. The molecule has 5 aromatic carbocycles. The molecule has 0 aromatic heterocycles. The van der Waals surface area contributed by atoms with Gasteiger partial charge in [0, 0.05) is 83.0 Å². The minimum atomic E-state index is -2.10. The third-order valence-electron chi connectivity index (χ3n) is 17.9. The van der Waals surface area contributed by atoms with Gasteiger partial charge >= 0.3 is 0 Å². The van der Waals surface area contributed by atoms with Crippen molar-refractivity contribution < 1.29 is 109 Å². The third-order valence-corrected chi connectivity index (χ3v) is 17.9. The molecule has 0 saturated carbocycles. The average molecular weight is 1160 g/mol. The van der Waals surface area contributed by atoms with Crippen LogP contribution in [-0.4, -0.2) is 150 Å². The Kier molecular flexibility index (Phi) is 15.2. The van der Waals surface area contributed by atoms with Crippen LogP contribution in [0.25, 0.3) is 0 Å². The number of methoxy groups -OCH3 is 2. The summed E-state index contributed by atoms with van der Waals surface area (Å²) in [6, 6.07) is 15.6. The van der Waals surface area contributed by atoms with Crippen LogP contribution in [0.2, 0.25) is 0 Å². The predicted molar refractivity (Wildman–Crippen MR) is 290 cm³/mol. The van der Waals surface area contributed by atoms with Crippen LogP contribution in [0, 0.1) is 0 Å². The van der Waals surface area contributed by atoms with Crippen LogP contribution in [0.4, 0.5) is 0 Å². The van der Waals surface area contributed by atoms with Gasteiger partial charge in [-0.3, -0.25) is 28.8 Å². The fourth-order valence-corrected chi connectivity index (χ4v) is 13.3. The molecule has 84 heavy (non-hydrogen) atoms. The first kappa shape index (κ1) is 58.3. The summed E-state index contributed by atoms with van der Waals surface area (Å²) in [6.45, 7) is 6.71. The number of aliphatic hydroxyl groups is 4. The van der Waals surface area contributed by atoms with Crippen LogP contribution in [0.1, 0.15) is 163 Å². The number of carbonyl (C=O) groups is 6. The lowest BCUT2D eigenvalue weighted by molar-refractivity contribution is -0.723. The van der Waals surface area contributed by atoms with E-state index in [1.54, 1.807) is 13.8 Å². The number of Topliss-reactive ketones (excluding diaryl/α,β-unsaturated/α-hetero) is 2.